The summed E-state index contributed by atoms with van der Waals surface area (Å²) in [6.07, 6.45) is 2.52. The number of aromatic nitrogens is 1. The van der Waals surface area contributed by atoms with E-state index >= 15 is 0 Å². The number of aromatic amines is 1. The van der Waals surface area contributed by atoms with E-state index in [1.54, 1.807) is 68.6 Å². The maximum absolute atomic E-state index is 14.6. The van der Waals surface area contributed by atoms with Gasteiger partial charge in [-0.3, -0.25) is 57.7 Å². The number of carbonyl (C=O) groups is 11. The summed E-state index contributed by atoms with van der Waals surface area (Å²) >= 11 is 0. The van der Waals surface area contributed by atoms with Crippen molar-refractivity contribution in [3.8, 4) is 5.75 Å². The molecule has 2 saturated heterocycles. The minimum Gasteiger partial charge on any atom is -0.508 e. The van der Waals surface area contributed by atoms with Gasteiger partial charge < -0.3 is 85.1 Å². The standard InChI is InChI=1S/C60H81N15O13/c1-33(2)26-42(51(81)68-41(16-10-24-64-59(62)63)57(87)75-25-11-17-47(75)56(86)66-31-48(61)78)73-58(88)60(3,4)74-55(85)44(28-35-18-20-37(77)21-19-35)70-54(84)46(32-76)72-53(83)45(29-36-30-65-39-15-9-8-14-38(36)39)71-52(82)43(27-34-12-6-5-7-13-34)69-50(80)40-22-23-49(79)67-40/h5-9,12-15,18-21,30,33,40-47,65,76-77H,10-11,16-17,22-29,31-32H2,1-4H3,(H2,61,78)(H,66,86)(H,67,79)(H,68,81)(H,69,80)(H,70,84)(H,71,82)(H,72,83)(H,73,88)(H,74,85)(H4,62,63,64)/t40?,41-,42-,43+,44-,45-,46-,47-/m0/s1. The van der Waals surface area contributed by atoms with Crippen LogP contribution in [-0.2, 0) is 72.0 Å². The summed E-state index contributed by atoms with van der Waals surface area (Å²) in [6, 6.07) is 11.2. The molecule has 0 radical (unpaired) electrons. The van der Waals surface area contributed by atoms with E-state index in [2.05, 4.69) is 57.8 Å². The van der Waals surface area contributed by atoms with E-state index in [1.807, 2.05) is 6.07 Å². The number of aliphatic hydroxyl groups is 1. The van der Waals surface area contributed by atoms with Gasteiger partial charge in [0, 0.05) is 55.9 Å². The zero-order valence-corrected chi connectivity index (χ0v) is 49.7. The van der Waals surface area contributed by atoms with Crippen LogP contribution in [0.5, 0.6) is 5.75 Å². The van der Waals surface area contributed by atoms with E-state index in [0.717, 1.165) is 5.52 Å². The van der Waals surface area contributed by atoms with Crippen molar-refractivity contribution in [2.24, 2.45) is 28.1 Å². The molecule has 0 saturated carbocycles. The molecule has 28 nitrogen and oxygen atoms in total. The molecule has 0 spiro atoms. The first-order chi connectivity index (χ1) is 41.8. The van der Waals surface area contributed by atoms with E-state index in [1.165, 1.54) is 43.0 Å². The summed E-state index contributed by atoms with van der Waals surface area (Å²) in [4.78, 5) is 159. The van der Waals surface area contributed by atoms with Gasteiger partial charge in [0.2, 0.25) is 65.0 Å². The van der Waals surface area contributed by atoms with Crippen molar-refractivity contribution in [1.29, 1.82) is 0 Å². The van der Waals surface area contributed by atoms with Gasteiger partial charge in [-0.05, 0) is 93.2 Å². The fourth-order valence-corrected chi connectivity index (χ4v) is 10.3. The second kappa shape index (κ2) is 31.7. The maximum Gasteiger partial charge on any atom is 0.245 e. The lowest BCUT2D eigenvalue weighted by molar-refractivity contribution is -0.142. The monoisotopic (exact) mass is 1220 g/mol. The Bertz CT molecular complexity index is 3190. The minimum atomic E-state index is -1.84. The summed E-state index contributed by atoms with van der Waals surface area (Å²) in [5.74, 6) is -8.81. The Balaban J connectivity index is 1.20. The van der Waals surface area contributed by atoms with Gasteiger partial charge in [-0.1, -0.05) is 74.5 Å². The quantitative estimate of drug-likeness (QED) is 0.0143. The lowest BCUT2D eigenvalue weighted by Gasteiger charge is -2.32. The number of aromatic hydroxyl groups is 1. The number of likely N-dealkylation sites (tertiary alicyclic amines) is 1. The summed E-state index contributed by atoms with van der Waals surface area (Å²) in [7, 11) is 0. The number of phenolic OH excluding ortho intramolecular Hbond substituents is 1. The SMILES string of the molecule is CC(C)C[C@H](NC(=O)C(C)(C)NC(=O)[C@H](Cc1ccc(O)cc1)NC(=O)[C@H](CO)NC(=O)[C@H](Cc1c[nH]c2ccccc12)NC(=O)[C@@H](Cc1ccccc1)NC(=O)C1CCC(=O)N1)C(=O)N[C@@H](CCCN=C(N)N)C(=O)N1CCC[C@H]1C(=O)NCC(N)=O. The molecule has 3 heterocycles. The van der Waals surface area contributed by atoms with E-state index in [9.17, 15) is 63.0 Å². The van der Waals surface area contributed by atoms with Crippen molar-refractivity contribution in [3.63, 3.8) is 0 Å². The molecule has 4 aromatic rings. The molecule has 6 rings (SSSR count). The Hall–Kier alpha value is -9.60. The van der Waals surface area contributed by atoms with Crippen LogP contribution in [0.3, 0.4) is 0 Å². The number of hydrogen-bond acceptors (Lipinski definition) is 14. The number of benzene rings is 3. The number of nitrogens with zero attached hydrogens (tertiary/aromatic N) is 2. The number of H-pyrrole nitrogens is 1. The number of nitrogens with two attached hydrogens (primary N) is 3. The third-order valence-electron chi connectivity index (χ3n) is 15.0. The molecule has 0 aliphatic carbocycles. The highest BCUT2D eigenvalue weighted by atomic mass is 16.3. The first-order valence-electron chi connectivity index (χ1n) is 29.2. The van der Waals surface area contributed by atoms with Crippen LogP contribution in [0.1, 0.15) is 89.3 Å². The molecular weight excluding hydrogens is 1140 g/mol. The highest BCUT2D eigenvalue weighted by Crippen LogP contribution is 2.23. The molecular formula is C60H81N15O13. The summed E-state index contributed by atoms with van der Waals surface area (Å²) in [5, 5.41) is 45.2. The number of hydrogen-bond donors (Lipinski definition) is 15. The number of amides is 11. The van der Waals surface area contributed by atoms with Crippen LogP contribution in [0.15, 0.2) is 90.1 Å². The third-order valence-corrected chi connectivity index (χ3v) is 15.0. The number of rotatable bonds is 31. The Morgan fingerprint density at radius 1 is 0.693 bits per heavy atom. The van der Waals surface area contributed by atoms with Crippen LogP contribution in [0.25, 0.3) is 10.9 Å². The number of guanidine groups is 1. The molecule has 474 valence electrons. The zero-order chi connectivity index (χ0) is 64.2. The van der Waals surface area contributed by atoms with Crippen molar-refractivity contribution >= 4 is 81.8 Å². The maximum atomic E-state index is 14.6. The molecule has 8 atom stereocenters. The van der Waals surface area contributed by atoms with Gasteiger partial charge in [0.15, 0.2) is 5.96 Å². The Labute approximate surface area is 508 Å². The molecule has 1 unspecified atom stereocenters. The van der Waals surface area contributed by atoms with Crippen LogP contribution in [0, 0.1) is 5.92 Å². The molecule has 2 fully saturated rings. The minimum absolute atomic E-state index is 0.00901. The van der Waals surface area contributed by atoms with Gasteiger partial charge >= 0.3 is 0 Å². The normalized spacial score (nSPS) is 16.8. The summed E-state index contributed by atoms with van der Waals surface area (Å²) in [5.41, 5.74) is 16.8. The Morgan fingerprint density at radius 2 is 1.28 bits per heavy atom. The van der Waals surface area contributed by atoms with Crippen molar-refractivity contribution in [2.75, 3.05) is 26.2 Å². The molecule has 2 aliphatic rings. The van der Waals surface area contributed by atoms with E-state index < -0.39 is 126 Å². The van der Waals surface area contributed by atoms with Crippen LogP contribution >= 0.6 is 0 Å². The highest BCUT2D eigenvalue weighted by molar-refractivity contribution is 6.00. The third kappa shape index (κ3) is 19.7. The zero-order valence-electron chi connectivity index (χ0n) is 49.7. The number of phenols is 1. The first kappa shape index (κ1) is 67.5. The first-order valence-corrected chi connectivity index (χ1v) is 29.2. The van der Waals surface area contributed by atoms with Crippen molar-refractivity contribution in [1.82, 2.24) is 57.7 Å². The van der Waals surface area contributed by atoms with Crippen LogP contribution < -0.4 is 65.1 Å². The van der Waals surface area contributed by atoms with Gasteiger partial charge in [0.25, 0.3) is 0 Å². The Morgan fingerprint density at radius 3 is 1.91 bits per heavy atom. The average Bonchev–Trinajstić information content (AvgIpc) is 4.49. The summed E-state index contributed by atoms with van der Waals surface area (Å²) < 4.78 is 0. The lowest BCUT2D eigenvalue weighted by Crippen LogP contribution is -2.64. The predicted octanol–water partition coefficient (Wildman–Crippen LogP) is -2.33. The highest BCUT2D eigenvalue weighted by Gasteiger charge is 2.41. The second-order valence-electron chi connectivity index (χ2n) is 22.9. The molecule has 2 aliphatic heterocycles. The smallest absolute Gasteiger partial charge is 0.245 e. The second-order valence-corrected chi connectivity index (χ2v) is 22.9. The predicted molar refractivity (Wildman–Crippen MR) is 322 cm³/mol. The van der Waals surface area contributed by atoms with E-state index in [4.69, 9.17) is 17.2 Å². The van der Waals surface area contributed by atoms with Gasteiger partial charge in [0.1, 0.15) is 59.6 Å². The molecule has 1 aromatic heterocycles. The van der Waals surface area contributed by atoms with Crippen molar-refractivity contribution in [3.05, 3.63) is 102 Å². The molecule has 3 aromatic carbocycles. The van der Waals surface area contributed by atoms with Gasteiger partial charge in [-0.2, -0.15) is 0 Å². The molecule has 0 bridgehead atoms. The topological polar surface area (TPSA) is 446 Å². The number of nitrogens with one attached hydrogen (secondary N) is 10. The molecule has 88 heavy (non-hydrogen) atoms. The summed E-state index contributed by atoms with van der Waals surface area (Å²) in [6.45, 7) is 5.06. The van der Waals surface area contributed by atoms with Crippen molar-refractivity contribution in [2.45, 2.75) is 146 Å². The lowest BCUT2D eigenvalue weighted by atomic mass is 9.98. The number of fused-ring (bicyclic) bond motifs is 1. The fourth-order valence-electron chi connectivity index (χ4n) is 10.3. The fraction of sp³-hybridized carbons (Fsp3) is 0.467. The Kier molecular flexibility index (Phi) is 24.3. The van der Waals surface area contributed by atoms with E-state index in [-0.39, 0.29) is 94.4 Å². The number of primary amides is 1. The van der Waals surface area contributed by atoms with E-state index in [0.29, 0.717) is 28.5 Å². The average molecular weight is 1220 g/mol. The van der Waals surface area contributed by atoms with Crippen LogP contribution in [0.2, 0.25) is 0 Å². The largest absolute Gasteiger partial charge is 0.508 e. The number of para-hydroxylation sites is 1. The molecule has 11 amide bonds. The number of aliphatic imine (C=N–C) groups is 1. The molecule has 18 N–H and O–H groups in total. The van der Waals surface area contributed by atoms with Crippen LogP contribution in [-0.4, -0.2) is 171 Å². The van der Waals surface area contributed by atoms with Gasteiger partial charge in [-0.25, -0.2) is 0 Å². The number of carbonyl (C=O) groups excluding carboxylic acids is 11. The van der Waals surface area contributed by atoms with Crippen molar-refractivity contribution < 1.29 is 63.0 Å². The van der Waals surface area contributed by atoms with Crippen LogP contribution in [0.4, 0.5) is 0 Å². The van der Waals surface area contributed by atoms with Gasteiger partial charge in [-0.15, -0.1) is 0 Å². The molecule has 28 heteroatoms. The van der Waals surface area contributed by atoms with Gasteiger partial charge in [0.05, 0.1) is 13.2 Å². The number of aliphatic hydroxyl groups excluding tert-OH is 1.